The number of fused-ring (bicyclic) bond motifs is 1. The quantitative estimate of drug-likeness (QED) is 0.384. The Labute approximate surface area is 184 Å². The molecule has 1 fully saturated rings. The number of likely N-dealkylation sites (tertiary alicyclic amines) is 1. The van der Waals surface area contributed by atoms with Gasteiger partial charge in [0, 0.05) is 25.6 Å². The van der Waals surface area contributed by atoms with Crippen LogP contribution in [0, 0.1) is 0 Å². The molecule has 31 heavy (non-hydrogen) atoms. The van der Waals surface area contributed by atoms with Crippen LogP contribution in [0.3, 0.4) is 0 Å². The molecule has 0 aliphatic carbocycles. The summed E-state index contributed by atoms with van der Waals surface area (Å²) in [5, 5.41) is 22.8. The van der Waals surface area contributed by atoms with Crippen LogP contribution >= 0.6 is 0 Å². The Kier molecular flexibility index (Phi) is 10.8. The fourth-order valence-corrected chi connectivity index (χ4v) is 3.92. The molecule has 0 spiro atoms. The van der Waals surface area contributed by atoms with Crippen LogP contribution in [-0.4, -0.2) is 54.7 Å². The molecule has 1 aliphatic heterocycles. The Morgan fingerprint density at radius 2 is 1.81 bits per heavy atom. The Morgan fingerprint density at radius 1 is 1.13 bits per heavy atom. The molecule has 168 valence electrons. The summed E-state index contributed by atoms with van der Waals surface area (Å²) in [6.45, 7) is 8.01. The summed E-state index contributed by atoms with van der Waals surface area (Å²) in [7, 11) is 0. The molecule has 2 aromatic carbocycles. The molecule has 1 heterocycles. The van der Waals surface area contributed by atoms with Crippen molar-refractivity contribution >= 4 is 22.7 Å². The highest BCUT2D eigenvalue weighted by molar-refractivity contribution is 6.26. The first-order valence-corrected chi connectivity index (χ1v) is 11.0. The summed E-state index contributed by atoms with van der Waals surface area (Å²) in [5.41, 5.74) is 1.47. The molecule has 0 saturated carbocycles. The van der Waals surface area contributed by atoms with Crippen LogP contribution in [0.15, 0.2) is 54.6 Å². The van der Waals surface area contributed by atoms with Gasteiger partial charge in [0.2, 0.25) is 0 Å². The van der Waals surface area contributed by atoms with Gasteiger partial charge in [0.25, 0.3) is 0 Å². The van der Waals surface area contributed by atoms with Crippen molar-refractivity contribution in [1.82, 2.24) is 10.2 Å². The number of aliphatic carboxylic acids is 2. The number of carbonyl (C=O) groups excluding carboxylic acids is 1. The van der Waals surface area contributed by atoms with Gasteiger partial charge in [-0.05, 0) is 55.6 Å². The molecule has 0 radical (unpaired) electrons. The zero-order valence-corrected chi connectivity index (χ0v) is 18.3. The van der Waals surface area contributed by atoms with Crippen LogP contribution in [0.4, 0.5) is 0 Å². The first-order chi connectivity index (χ1) is 15.0. The van der Waals surface area contributed by atoms with E-state index in [1.807, 2.05) is 0 Å². The Balaban J connectivity index is 0.000000501. The first-order valence-electron chi connectivity index (χ1n) is 11.0. The Bertz CT molecular complexity index is 842. The molecule has 1 atom stereocenters. The number of hydrogen-bond acceptors (Lipinski definition) is 5. The third kappa shape index (κ3) is 8.52. The minimum atomic E-state index is -2.07. The van der Waals surface area contributed by atoms with Gasteiger partial charge in [-0.2, -0.15) is 0 Å². The molecule has 2 aromatic rings. The number of carboxylic acids is 2. The molecule has 1 saturated heterocycles. The number of carbonyl (C=O) groups is 2. The lowest BCUT2D eigenvalue weighted by Crippen LogP contribution is -2.36. The highest BCUT2D eigenvalue weighted by Gasteiger charge is 2.14. The Morgan fingerprint density at radius 3 is 2.48 bits per heavy atom. The van der Waals surface area contributed by atoms with Crippen molar-refractivity contribution in [1.29, 1.82) is 0 Å². The van der Waals surface area contributed by atoms with E-state index in [0.29, 0.717) is 5.92 Å². The fraction of sp³-hybridized carbons (Fsp3) is 0.440. The van der Waals surface area contributed by atoms with Gasteiger partial charge in [0.05, 0.1) is 0 Å². The second kappa shape index (κ2) is 13.6. The molecule has 0 bridgehead atoms. The molecule has 0 amide bonds. The van der Waals surface area contributed by atoms with Gasteiger partial charge in [0.1, 0.15) is 0 Å². The van der Waals surface area contributed by atoms with E-state index >= 15 is 0 Å². The van der Waals surface area contributed by atoms with Crippen molar-refractivity contribution in [2.45, 2.75) is 38.5 Å². The predicted octanol–water partition coefficient (Wildman–Crippen LogP) is 2.79. The van der Waals surface area contributed by atoms with Crippen molar-refractivity contribution in [2.24, 2.45) is 0 Å². The zero-order valence-electron chi connectivity index (χ0n) is 18.3. The van der Waals surface area contributed by atoms with Gasteiger partial charge in [-0.3, -0.25) is 0 Å². The van der Waals surface area contributed by atoms with Crippen molar-refractivity contribution in [3.05, 3.63) is 60.2 Å². The normalized spacial score (nSPS) is 15.4. The van der Waals surface area contributed by atoms with Crippen LogP contribution in [0.1, 0.15) is 44.1 Å². The number of rotatable bonds is 8. The summed E-state index contributed by atoms with van der Waals surface area (Å²) in [5.74, 6) is -3.48. The molecule has 1 aliphatic rings. The molecule has 6 nitrogen and oxygen atoms in total. The van der Waals surface area contributed by atoms with Gasteiger partial charge < -0.3 is 25.2 Å². The van der Waals surface area contributed by atoms with Crippen molar-refractivity contribution in [3.63, 3.8) is 0 Å². The molecule has 0 aromatic heterocycles. The topological polar surface area (TPSA) is 92.7 Å². The lowest BCUT2D eigenvalue weighted by Gasteiger charge is -2.27. The minimum Gasteiger partial charge on any atom is -0.539 e. The number of hydrogen-bond donors (Lipinski definition) is 2. The van der Waals surface area contributed by atoms with Crippen molar-refractivity contribution in [2.75, 3.05) is 32.7 Å². The first kappa shape index (κ1) is 24.6. The maximum atomic E-state index is 9.04. The molecule has 6 heteroatoms. The largest absolute Gasteiger partial charge is 0.539 e. The highest BCUT2D eigenvalue weighted by atomic mass is 16.4. The third-order valence-corrected chi connectivity index (χ3v) is 5.54. The maximum Gasteiger partial charge on any atom is 0.351 e. The molecular weight excluding hydrogens is 392 g/mol. The molecular formula is C25H33N2O4-. The van der Waals surface area contributed by atoms with E-state index in [9.17, 15) is 0 Å². The number of nitrogens with one attached hydrogen (secondary N) is 1. The average molecular weight is 426 g/mol. The smallest absolute Gasteiger partial charge is 0.351 e. The predicted molar refractivity (Wildman–Crippen MR) is 122 cm³/mol. The van der Waals surface area contributed by atoms with Gasteiger partial charge in [-0.25, -0.2) is 4.79 Å². The zero-order chi connectivity index (χ0) is 22.5. The summed E-state index contributed by atoms with van der Waals surface area (Å²) in [6.07, 6.45) is 9.74. The van der Waals surface area contributed by atoms with E-state index in [4.69, 9.17) is 19.8 Å². The standard InChI is InChI=1S/C23H32N2.C2H2O4/c1-2-3-10-21(19-24-15-18-25-16-7-4-8-17-25)23-14-9-12-20-11-5-6-13-22(20)23;3-1(4)2(5)6/h2-3,5-6,9,11-14,21,24H,4,7-8,10,15-19H2,1H3;(H,3,4)(H,5,6)/p-1. The van der Waals surface area contributed by atoms with Gasteiger partial charge in [-0.15, -0.1) is 0 Å². The molecule has 2 N–H and O–H groups in total. The van der Waals surface area contributed by atoms with Gasteiger partial charge in [0.15, 0.2) is 5.97 Å². The van der Waals surface area contributed by atoms with Crippen LogP contribution in [0.5, 0.6) is 0 Å². The molecule has 1 unspecified atom stereocenters. The number of nitrogens with zero attached hydrogens (tertiary/aromatic N) is 1. The summed E-state index contributed by atoms with van der Waals surface area (Å²) >= 11 is 0. The molecule has 3 rings (SSSR count). The van der Waals surface area contributed by atoms with Crippen LogP contribution < -0.4 is 10.4 Å². The van der Waals surface area contributed by atoms with E-state index in [-0.39, 0.29) is 0 Å². The lowest BCUT2D eigenvalue weighted by atomic mass is 9.90. The van der Waals surface area contributed by atoms with Crippen LogP contribution in [0.2, 0.25) is 0 Å². The maximum absolute atomic E-state index is 9.04. The van der Waals surface area contributed by atoms with Gasteiger partial charge in [-0.1, -0.05) is 61.0 Å². The van der Waals surface area contributed by atoms with E-state index in [1.54, 1.807) is 0 Å². The lowest BCUT2D eigenvalue weighted by molar-refractivity contribution is -0.303. The SMILES string of the molecule is CC=CCC(CNCCN1CCCCC1)c1cccc2ccccc12.O=C([O-])C(=O)O. The van der Waals surface area contributed by atoms with Crippen molar-refractivity contribution < 1.29 is 19.8 Å². The monoisotopic (exact) mass is 425 g/mol. The number of allylic oxidation sites excluding steroid dienone is 2. The second-order valence-corrected chi connectivity index (χ2v) is 7.77. The van der Waals surface area contributed by atoms with E-state index in [1.165, 1.54) is 55.2 Å². The van der Waals surface area contributed by atoms with Gasteiger partial charge >= 0.3 is 5.97 Å². The summed E-state index contributed by atoms with van der Waals surface area (Å²) < 4.78 is 0. The Hall–Kier alpha value is -2.70. The highest BCUT2D eigenvalue weighted by Crippen LogP contribution is 2.28. The van der Waals surface area contributed by atoms with E-state index < -0.39 is 11.9 Å². The fourth-order valence-electron chi connectivity index (χ4n) is 3.92. The number of piperidine rings is 1. The summed E-state index contributed by atoms with van der Waals surface area (Å²) in [6, 6.07) is 15.5. The van der Waals surface area contributed by atoms with Crippen LogP contribution in [0.25, 0.3) is 10.8 Å². The summed E-state index contributed by atoms with van der Waals surface area (Å²) in [4.78, 5) is 20.6. The average Bonchev–Trinajstić information content (AvgIpc) is 2.79. The minimum absolute atomic E-state index is 0.531. The number of benzene rings is 2. The second-order valence-electron chi connectivity index (χ2n) is 7.77. The van der Waals surface area contributed by atoms with Crippen molar-refractivity contribution in [3.8, 4) is 0 Å². The third-order valence-electron chi connectivity index (χ3n) is 5.54. The van der Waals surface area contributed by atoms with E-state index in [2.05, 4.69) is 71.8 Å². The van der Waals surface area contributed by atoms with Crippen LogP contribution in [-0.2, 0) is 9.59 Å². The number of carboxylic acid groups (broad SMARTS) is 2. The van der Waals surface area contributed by atoms with E-state index in [0.717, 1.165) is 19.5 Å².